The van der Waals surface area contributed by atoms with Crippen LogP contribution in [0.1, 0.15) is 39.0 Å². The van der Waals surface area contributed by atoms with Crippen molar-refractivity contribution in [3.63, 3.8) is 0 Å². The van der Waals surface area contributed by atoms with Crippen molar-refractivity contribution in [1.82, 2.24) is 9.47 Å². The Morgan fingerprint density at radius 1 is 0.943 bits per heavy atom. The Balaban J connectivity index is 1.63. The smallest absolute Gasteiger partial charge is 0.255 e. The molecule has 1 aliphatic heterocycles. The van der Waals surface area contributed by atoms with E-state index in [0.29, 0.717) is 6.54 Å². The number of ether oxygens (including phenoxy) is 1. The van der Waals surface area contributed by atoms with E-state index in [1.807, 2.05) is 54.3 Å². The van der Waals surface area contributed by atoms with Crippen LogP contribution in [0.3, 0.4) is 0 Å². The van der Waals surface area contributed by atoms with E-state index in [9.17, 15) is 4.79 Å². The number of hydrogen-bond acceptors (Lipinski definition) is 3. The maximum absolute atomic E-state index is 13.7. The number of aromatic nitrogens is 1. The number of methoxy groups -OCH3 is 1. The molecular weight excluding hydrogens is 436 g/mol. The molecule has 0 N–H and O–H groups in total. The van der Waals surface area contributed by atoms with Crippen molar-refractivity contribution in [2.24, 2.45) is 7.05 Å². The van der Waals surface area contributed by atoms with E-state index in [1.165, 1.54) is 0 Å². The van der Waals surface area contributed by atoms with Crippen LogP contribution in [0.2, 0.25) is 0 Å². The van der Waals surface area contributed by atoms with Crippen LogP contribution in [-0.2, 0) is 13.6 Å². The molecule has 0 aliphatic carbocycles. The third-order valence-corrected chi connectivity index (χ3v) is 6.94. The van der Waals surface area contributed by atoms with Gasteiger partial charge in [-0.2, -0.15) is 0 Å². The molecule has 2 aromatic heterocycles. The molecule has 1 atom stereocenters. The van der Waals surface area contributed by atoms with Crippen molar-refractivity contribution >= 4 is 16.8 Å². The highest BCUT2D eigenvalue weighted by atomic mass is 16.5. The fourth-order valence-corrected chi connectivity index (χ4v) is 5.40. The van der Waals surface area contributed by atoms with E-state index in [1.54, 1.807) is 7.11 Å². The Hall–Kier alpha value is -4.25. The van der Waals surface area contributed by atoms with E-state index >= 15 is 0 Å². The number of carbonyl (C=O) groups excluding carboxylic acids is 1. The predicted molar refractivity (Wildman–Crippen MR) is 137 cm³/mol. The Morgan fingerprint density at radius 2 is 1.74 bits per heavy atom. The number of para-hydroxylation sites is 1. The van der Waals surface area contributed by atoms with Gasteiger partial charge in [-0.15, -0.1) is 0 Å². The molecule has 6 rings (SSSR count). The maximum atomic E-state index is 13.7. The van der Waals surface area contributed by atoms with Crippen LogP contribution >= 0.6 is 0 Å². The SMILES string of the molecule is COc1cccc(-c2c([C@@H]3c4ccccc4C(=O)N3Cc3ccc(C)o3)c3ccccc3n2C)c1. The van der Waals surface area contributed by atoms with Crippen LogP contribution in [0.25, 0.3) is 22.2 Å². The topological polar surface area (TPSA) is 47.6 Å². The van der Waals surface area contributed by atoms with E-state index in [2.05, 4.69) is 54.1 Å². The summed E-state index contributed by atoms with van der Waals surface area (Å²) in [5, 5.41) is 1.13. The van der Waals surface area contributed by atoms with Gasteiger partial charge >= 0.3 is 0 Å². The number of benzene rings is 3. The Labute approximate surface area is 204 Å². The van der Waals surface area contributed by atoms with Gasteiger partial charge in [-0.25, -0.2) is 0 Å². The minimum absolute atomic E-state index is 0.0178. The first kappa shape index (κ1) is 21.3. The van der Waals surface area contributed by atoms with Gasteiger partial charge in [0.1, 0.15) is 17.3 Å². The minimum atomic E-state index is -0.253. The lowest BCUT2D eigenvalue weighted by molar-refractivity contribution is 0.0723. The number of carbonyl (C=O) groups is 1. The second-order valence-corrected chi connectivity index (χ2v) is 9.01. The normalized spacial score (nSPS) is 15.1. The van der Waals surface area contributed by atoms with Crippen LogP contribution < -0.4 is 4.74 Å². The molecule has 0 saturated carbocycles. The van der Waals surface area contributed by atoms with Gasteiger partial charge in [-0.05, 0) is 48.9 Å². The first-order valence-corrected chi connectivity index (χ1v) is 11.7. The van der Waals surface area contributed by atoms with Crippen molar-refractivity contribution in [2.45, 2.75) is 19.5 Å². The number of furan rings is 1. The summed E-state index contributed by atoms with van der Waals surface area (Å²) in [4.78, 5) is 15.7. The standard InChI is InChI=1S/C30H26N2O3/c1-19-15-16-22(35-19)18-32-29(23-11-4-5-12-24(23)30(32)33)27-25-13-6-7-14-26(25)31(2)28(27)20-9-8-10-21(17-20)34-3/h4-17,29H,18H2,1-3H3/t29-/m0/s1. The summed E-state index contributed by atoms with van der Waals surface area (Å²) in [5.41, 5.74) is 6.10. The lowest BCUT2D eigenvalue weighted by Crippen LogP contribution is -2.28. The zero-order valence-corrected chi connectivity index (χ0v) is 20.0. The van der Waals surface area contributed by atoms with Crippen molar-refractivity contribution in [3.8, 4) is 17.0 Å². The molecule has 0 fully saturated rings. The number of hydrogen-bond donors (Lipinski definition) is 0. The molecule has 174 valence electrons. The number of nitrogens with zero attached hydrogens (tertiary/aromatic N) is 2. The zero-order chi connectivity index (χ0) is 24.1. The first-order valence-electron chi connectivity index (χ1n) is 11.7. The number of aryl methyl sites for hydroxylation is 2. The first-order chi connectivity index (χ1) is 17.1. The van der Waals surface area contributed by atoms with Crippen LogP contribution in [0, 0.1) is 6.92 Å². The maximum Gasteiger partial charge on any atom is 0.255 e. The van der Waals surface area contributed by atoms with Crippen LogP contribution in [0.5, 0.6) is 5.75 Å². The number of rotatable bonds is 5. The fraction of sp³-hybridized carbons (Fsp3) is 0.167. The molecule has 0 saturated heterocycles. The largest absolute Gasteiger partial charge is 0.497 e. The molecule has 3 heterocycles. The van der Waals surface area contributed by atoms with Gasteiger partial charge < -0.3 is 18.6 Å². The lowest BCUT2D eigenvalue weighted by Gasteiger charge is -2.26. The lowest BCUT2D eigenvalue weighted by atomic mass is 9.93. The van der Waals surface area contributed by atoms with Gasteiger partial charge in [0.2, 0.25) is 0 Å². The molecule has 0 bridgehead atoms. The van der Waals surface area contributed by atoms with E-state index in [4.69, 9.17) is 9.15 Å². The number of amides is 1. The van der Waals surface area contributed by atoms with Gasteiger partial charge in [0, 0.05) is 34.6 Å². The monoisotopic (exact) mass is 462 g/mol. The Kier molecular flexibility index (Phi) is 4.99. The fourth-order valence-electron chi connectivity index (χ4n) is 5.40. The van der Waals surface area contributed by atoms with E-state index < -0.39 is 0 Å². The summed E-state index contributed by atoms with van der Waals surface area (Å²) in [6.45, 7) is 2.32. The Bertz CT molecular complexity index is 1580. The van der Waals surface area contributed by atoms with Crippen LogP contribution in [0.15, 0.2) is 89.3 Å². The van der Waals surface area contributed by atoms with E-state index in [0.717, 1.165) is 56.1 Å². The van der Waals surface area contributed by atoms with Crippen molar-refractivity contribution in [2.75, 3.05) is 7.11 Å². The Morgan fingerprint density at radius 3 is 2.54 bits per heavy atom. The van der Waals surface area contributed by atoms with Crippen LogP contribution in [0.4, 0.5) is 0 Å². The molecule has 1 aliphatic rings. The van der Waals surface area contributed by atoms with Crippen molar-refractivity contribution in [1.29, 1.82) is 0 Å². The summed E-state index contributed by atoms with van der Waals surface area (Å²) in [6.07, 6.45) is 0. The summed E-state index contributed by atoms with van der Waals surface area (Å²) in [5.74, 6) is 2.42. The van der Waals surface area contributed by atoms with E-state index in [-0.39, 0.29) is 11.9 Å². The molecular formula is C30H26N2O3. The van der Waals surface area contributed by atoms with Crippen molar-refractivity contribution < 1.29 is 13.9 Å². The van der Waals surface area contributed by atoms with Crippen molar-refractivity contribution in [3.05, 3.63) is 113 Å². The summed E-state index contributed by atoms with van der Waals surface area (Å²) >= 11 is 0. The summed E-state index contributed by atoms with van der Waals surface area (Å²) in [6, 6.07) is 28.1. The molecule has 5 aromatic rings. The molecule has 0 unspecified atom stereocenters. The molecule has 0 radical (unpaired) electrons. The highest BCUT2D eigenvalue weighted by Gasteiger charge is 2.41. The highest BCUT2D eigenvalue weighted by Crippen LogP contribution is 2.47. The average molecular weight is 463 g/mol. The molecule has 5 heteroatoms. The second kappa shape index (κ2) is 8.20. The zero-order valence-electron chi connectivity index (χ0n) is 20.0. The minimum Gasteiger partial charge on any atom is -0.497 e. The van der Waals surface area contributed by atoms with Gasteiger partial charge in [0.25, 0.3) is 5.91 Å². The third kappa shape index (κ3) is 3.35. The second-order valence-electron chi connectivity index (χ2n) is 9.01. The average Bonchev–Trinajstić information content (AvgIpc) is 3.52. The third-order valence-electron chi connectivity index (χ3n) is 6.94. The summed E-state index contributed by atoms with van der Waals surface area (Å²) in [7, 11) is 3.77. The van der Waals surface area contributed by atoms with Gasteiger partial charge in [-0.1, -0.05) is 48.5 Å². The summed E-state index contributed by atoms with van der Waals surface area (Å²) < 4.78 is 13.7. The van der Waals surface area contributed by atoms with Gasteiger partial charge in [0.15, 0.2) is 0 Å². The van der Waals surface area contributed by atoms with Crippen LogP contribution in [-0.4, -0.2) is 22.5 Å². The predicted octanol–water partition coefficient (Wildman–Crippen LogP) is 6.50. The molecule has 5 nitrogen and oxygen atoms in total. The van der Waals surface area contributed by atoms with Gasteiger partial charge in [-0.3, -0.25) is 4.79 Å². The number of fused-ring (bicyclic) bond motifs is 2. The molecule has 1 amide bonds. The highest BCUT2D eigenvalue weighted by molar-refractivity contribution is 6.02. The van der Waals surface area contributed by atoms with Gasteiger partial charge in [0.05, 0.1) is 25.4 Å². The molecule has 0 spiro atoms. The quantitative estimate of drug-likeness (QED) is 0.299. The molecule has 3 aromatic carbocycles. The molecule has 35 heavy (non-hydrogen) atoms.